The molecule has 3 heterocycles. The van der Waals surface area contributed by atoms with Crippen molar-refractivity contribution in [1.82, 2.24) is 9.78 Å². The lowest BCUT2D eigenvalue weighted by Gasteiger charge is -2.34. The summed E-state index contributed by atoms with van der Waals surface area (Å²) < 4.78 is 52.9. The van der Waals surface area contributed by atoms with Crippen molar-refractivity contribution >= 4 is 17.4 Å². The van der Waals surface area contributed by atoms with Gasteiger partial charge >= 0.3 is 6.18 Å². The molecule has 0 spiro atoms. The van der Waals surface area contributed by atoms with E-state index in [0.29, 0.717) is 22.7 Å². The number of benzene rings is 2. The van der Waals surface area contributed by atoms with Crippen LogP contribution in [0.5, 0.6) is 11.5 Å². The highest BCUT2D eigenvalue weighted by atomic mass is 19.4. The van der Waals surface area contributed by atoms with Crippen molar-refractivity contribution in [2.45, 2.75) is 31.6 Å². The fraction of sp³-hybridized carbons (Fsp3) is 0.273. The standard InChI is InChI=1S/C22H19F3N4O3/c1-12-2-4-13(5-3-12)16-9-19(22(23,24)25)29-20(28-16)15(10-26-29)21(30)27-14-6-7-17-18(8-14)32-11-31-17/h2-8,10,16,19,28H,9,11H2,1H3,(H,27,30)/t16-,19+/m0/s1. The molecular formula is C22H19F3N4O3. The van der Waals surface area contributed by atoms with Gasteiger partial charge in [-0.05, 0) is 24.6 Å². The summed E-state index contributed by atoms with van der Waals surface area (Å²) in [6.07, 6.45) is -3.59. The van der Waals surface area contributed by atoms with Gasteiger partial charge in [-0.3, -0.25) is 4.79 Å². The molecule has 3 aromatic rings. The summed E-state index contributed by atoms with van der Waals surface area (Å²) in [5, 5.41) is 9.67. The molecule has 2 aliphatic rings. The molecule has 2 N–H and O–H groups in total. The van der Waals surface area contributed by atoms with Gasteiger partial charge < -0.3 is 20.1 Å². The van der Waals surface area contributed by atoms with Gasteiger partial charge in [-0.1, -0.05) is 29.8 Å². The van der Waals surface area contributed by atoms with Crippen molar-refractivity contribution in [1.29, 1.82) is 0 Å². The van der Waals surface area contributed by atoms with Crippen LogP contribution in [0.4, 0.5) is 24.7 Å². The number of amides is 1. The Morgan fingerprint density at radius 1 is 1.16 bits per heavy atom. The summed E-state index contributed by atoms with van der Waals surface area (Å²) in [4.78, 5) is 12.9. The zero-order valence-corrected chi connectivity index (χ0v) is 16.9. The summed E-state index contributed by atoms with van der Waals surface area (Å²) in [6.45, 7) is 2.00. The Hall–Kier alpha value is -3.69. The molecule has 0 radical (unpaired) electrons. The Bertz CT molecular complexity index is 1170. The molecule has 0 bridgehead atoms. The molecule has 1 amide bonds. The summed E-state index contributed by atoms with van der Waals surface area (Å²) >= 11 is 0. The molecule has 2 aromatic carbocycles. The first-order chi connectivity index (χ1) is 15.3. The van der Waals surface area contributed by atoms with Gasteiger partial charge in [0.1, 0.15) is 11.4 Å². The van der Waals surface area contributed by atoms with Gasteiger partial charge in [-0.2, -0.15) is 18.3 Å². The Labute approximate surface area is 181 Å². The van der Waals surface area contributed by atoms with E-state index in [1.807, 2.05) is 19.1 Å². The van der Waals surface area contributed by atoms with Crippen molar-refractivity contribution in [3.05, 3.63) is 65.4 Å². The van der Waals surface area contributed by atoms with Crippen LogP contribution in [0.15, 0.2) is 48.7 Å². The number of hydrogen-bond acceptors (Lipinski definition) is 5. The van der Waals surface area contributed by atoms with Crippen molar-refractivity contribution in [3.63, 3.8) is 0 Å². The fourth-order valence-corrected chi connectivity index (χ4v) is 3.92. The number of ether oxygens (including phenoxy) is 2. The van der Waals surface area contributed by atoms with Gasteiger partial charge in [-0.15, -0.1) is 0 Å². The summed E-state index contributed by atoms with van der Waals surface area (Å²) in [7, 11) is 0. The van der Waals surface area contributed by atoms with Crippen LogP contribution in [-0.4, -0.2) is 28.7 Å². The van der Waals surface area contributed by atoms with E-state index in [1.54, 1.807) is 30.3 Å². The maximum atomic E-state index is 13.8. The molecule has 0 aliphatic carbocycles. The third kappa shape index (κ3) is 3.61. The second-order valence-corrected chi connectivity index (χ2v) is 7.77. The number of carbonyl (C=O) groups is 1. The number of alkyl halides is 3. The molecule has 2 aliphatic heterocycles. The number of rotatable bonds is 3. The first kappa shape index (κ1) is 20.2. The maximum absolute atomic E-state index is 13.8. The molecular weight excluding hydrogens is 425 g/mol. The fourth-order valence-electron chi connectivity index (χ4n) is 3.92. The topological polar surface area (TPSA) is 77.4 Å². The largest absolute Gasteiger partial charge is 0.454 e. The van der Waals surface area contributed by atoms with Crippen LogP contribution < -0.4 is 20.1 Å². The van der Waals surface area contributed by atoms with Crippen LogP contribution in [0.2, 0.25) is 0 Å². The molecule has 7 nitrogen and oxygen atoms in total. The van der Waals surface area contributed by atoms with Crippen LogP contribution in [0.3, 0.4) is 0 Å². The number of aromatic nitrogens is 2. The SMILES string of the molecule is Cc1ccc([C@@H]2C[C@H](C(F)(F)F)n3ncc(C(=O)Nc4ccc5c(c4)OCO5)c3N2)cc1. The van der Waals surface area contributed by atoms with Gasteiger partial charge in [0.05, 0.1) is 12.2 Å². The van der Waals surface area contributed by atoms with Gasteiger partial charge in [0, 0.05) is 18.2 Å². The number of aryl methyl sites for hydroxylation is 1. The third-order valence-corrected chi connectivity index (χ3v) is 5.59. The molecule has 1 aromatic heterocycles. The highest BCUT2D eigenvalue weighted by molar-refractivity contribution is 6.07. The monoisotopic (exact) mass is 444 g/mol. The molecule has 0 saturated heterocycles. The van der Waals surface area contributed by atoms with Crippen LogP contribution in [-0.2, 0) is 0 Å². The highest BCUT2D eigenvalue weighted by Gasteiger charge is 2.47. The number of nitrogens with one attached hydrogen (secondary N) is 2. The van der Waals surface area contributed by atoms with E-state index < -0.39 is 24.2 Å². The number of hydrogen-bond donors (Lipinski definition) is 2. The molecule has 0 saturated carbocycles. The van der Waals surface area contributed by atoms with Crippen LogP contribution in [0, 0.1) is 6.92 Å². The lowest BCUT2D eigenvalue weighted by molar-refractivity contribution is -0.173. The lowest BCUT2D eigenvalue weighted by Crippen LogP contribution is -2.36. The highest BCUT2D eigenvalue weighted by Crippen LogP contribution is 2.44. The smallest absolute Gasteiger partial charge is 0.410 e. The second kappa shape index (κ2) is 7.47. The van der Waals surface area contributed by atoms with Crippen LogP contribution >= 0.6 is 0 Å². The zero-order valence-electron chi connectivity index (χ0n) is 16.9. The number of fused-ring (bicyclic) bond motifs is 2. The minimum Gasteiger partial charge on any atom is -0.454 e. The molecule has 0 fully saturated rings. The van der Waals surface area contributed by atoms with Crippen LogP contribution in [0.25, 0.3) is 0 Å². The molecule has 2 atom stereocenters. The lowest BCUT2D eigenvalue weighted by atomic mass is 9.96. The van der Waals surface area contributed by atoms with E-state index in [2.05, 4.69) is 15.7 Å². The number of carbonyl (C=O) groups excluding carboxylic acids is 1. The average Bonchev–Trinajstić information content (AvgIpc) is 3.39. The summed E-state index contributed by atoms with van der Waals surface area (Å²) in [5.41, 5.74) is 2.16. The zero-order chi connectivity index (χ0) is 22.5. The van der Waals surface area contributed by atoms with E-state index in [4.69, 9.17) is 9.47 Å². The molecule has 10 heteroatoms. The molecule has 166 valence electrons. The van der Waals surface area contributed by atoms with Gasteiger partial charge in [-0.25, -0.2) is 4.68 Å². The number of halogens is 3. The second-order valence-electron chi connectivity index (χ2n) is 7.77. The first-order valence-electron chi connectivity index (χ1n) is 9.98. The maximum Gasteiger partial charge on any atom is 0.410 e. The average molecular weight is 444 g/mol. The van der Waals surface area contributed by atoms with Crippen LogP contribution in [0.1, 0.15) is 40.0 Å². The molecule has 5 rings (SSSR count). The number of anilines is 2. The van der Waals surface area contributed by atoms with Gasteiger partial charge in [0.15, 0.2) is 17.5 Å². The molecule has 0 unspecified atom stereocenters. The summed E-state index contributed by atoms with van der Waals surface area (Å²) in [6, 6.07) is 9.67. The first-order valence-corrected chi connectivity index (χ1v) is 9.98. The minimum atomic E-state index is -4.52. The Balaban J connectivity index is 1.46. The quantitative estimate of drug-likeness (QED) is 0.605. The minimum absolute atomic E-state index is 0.0220. The number of nitrogens with zero attached hydrogens (tertiary/aromatic N) is 2. The summed E-state index contributed by atoms with van der Waals surface area (Å²) in [5.74, 6) is 0.488. The molecule has 32 heavy (non-hydrogen) atoms. The third-order valence-electron chi connectivity index (χ3n) is 5.59. The van der Waals surface area contributed by atoms with Crippen molar-refractivity contribution < 1.29 is 27.4 Å². The van der Waals surface area contributed by atoms with E-state index in [1.165, 1.54) is 0 Å². The normalized spacial score (nSPS) is 19.2. The van der Waals surface area contributed by atoms with E-state index >= 15 is 0 Å². The van der Waals surface area contributed by atoms with Crippen molar-refractivity contribution in [3.8, 4) is 11.5 Å². The predicted octanol–water partition coefficient (Wildman–Crippen LogP) is 4.83. The van der Waals surface area contributed by atoms with E-state index in [9.17, 15) is 18.0 Å². The Morgan fingerprint density at radius 2 is 1.91 bits per heavy atom. The van der Waals surface area contributed by atoms with Crippen molar-refractivity contribution in [2.75, 3.05) is 17.4 Å². The van der Waals surface area contributed by atoms with Crippen molar-refractivity contribution in [2.24, 2.45) is 0 Å². The van der Waals surface area contributed by atoms with Gasteiger partial charge in [0.25, 0.3) is 5.91 Å². The van der Waals surface area contributed by atoms with E-state index in [0.717, 1.165) is 16.4 Å². The Kier molecular flexibility index (Phi) is 4.72. The Morgan fingerprint density at radius 3 is 2.66 bits per heavy atom. The van der Waals surface area contributed by atoms with Gasteiger partial charge in [0.2, 0.25) is 6.79 Å². The van der Waals surface area contributed by atoms with E-state index in [-0.39, 0.29) is 24.6 Å². The predicted molar refractivity (Wildman–Crippen MR) is 110 cm³/mol.